The van der Waals surface area contributed by atoms with E-state index in [1.807, 2.05) is 47.8 Å². The molecule has 2 aromatic carbocycles. The first-order valence-electron chi connectivity index (χ1n) is 8.71. The number of amides is 1. The highest BCUT2D eigenvalue weighted by Gasteiger charge is 2.09. The first-order valence-corrected chi connectivity index (χ1v) is 9.66. The lowest BCUT2D eigenvalue weighted by atomic mass is 10.1. The molecule has 5 nitrogen and oxygen atoms in total. The van der Waals surface area contributed by atoms with Crippen molar-refractivity contribution < 1.29 is 9.21 Å². The molecule has 6 heteroatoms. The molecule has 0 unspecified atom stereocenters. The lowest BCUT2D eigenvalue weighted by Crippen LogP contribution is -2.17. The summed E-state index contributed by atoms with van der Waals surface area (Å²) in [6.07, 6.45) is 0.883. The van der Waals surface area contributed by atoms with E-state index in [4.69, 9.17) is 4.42 Å². The summed E-state index contributed by atoms with van der Waals surface area (Å²) in [6, 6.07) is 17.1. The zero-order valence-electron chi connectivity index (χ0n) is 14.6. The van der Waals surface area contributed by atoms with Gasteiger partial charge in [0.1, 0.15) is 0 Å². The van der Waals surface area contributed by atoms with Gasteiger partial charge in [-0.1, -0.05) is 24.3 Å². The monoisotopic (exact) mass is 378 g/mol. The molecule has 0 radical (unpaired) electrons. The van der Waals surface area contributed by atoms with Crippen LogP contribution < -0.4 is 11.1 Å². The Morgan fingerprint density at radius 1 is 1.07 bits per heavy atom. The maximum Gasteiger partial charge on any atom is 0.419 e. The summed E-state index contributed by atoms with van der Waals surface area (Å²) in [5.74, 6) is -0.460. The highest BCUT2D eigenvalue weighted by atomic mass is 32.1. The summed E-state index contributed by atoms with van der Waals surface area (Å²) in [6.45, 7) is 0.443. The Balaban J connectivity index is 1.37. The molecule has 2 heterocycles. The number of carbonyl (C=O) groups excluding carboxylic acids is 1. The first-order chi connectivity index (χ1) is 13.2. The number of hydrogen-bond donors (Lipinski definition) is 1. The van der Waals surface area contributed by atoms with Crippen LogP contribution in [0.3, 0.4) is 0 Å². The van der Waals surface area contributed by atoms with Crippen molar-refractivity contribution in [1.82, 2.24) is 4.57 Å². The molecule has 27 heavy (non-hydrogen) atoms. The van der Waals surface area contributed by atoms with Crippen LogP contribution in [0.1, 0.15) is 12.8 Å². The number of fused-ring (bicyclic) bond motifs is 1. The number of rotatable bonds is 6. The predicted molar refractivity (Wildman–Crippen MR) is 108 cm³/mol. The van der Waals surface area contributed by atoms with Crippen molar-refractivity contribution >= 4 is 34.0 Å². The molecule has 0 fully saturated rings. The molecule has 0 saturated heterocycles. The van der Waals surface area contributed by atoms with Gasteiger partial charge in [0.15, 0.2) is 5.58 Å². The topological polar surface area (TPSA) is 64.2 Å². The zero-order valence-corrected chi connectivity index (χ0v) is 15.4. The summed E-state index contributed by atoms with van der Waals surface area (Å²) in [5.41, 5.74) is 4.31. The Hall–Kier alpha value is -3.12. The van der Waals surface area contributed by atoms with Crippen LogP contribution in [0, 0.1) is 0 Å². The molecule has 0 atom stereocenters. The van der Waals surface area contributed by atoms with Gasteiger partial charge in [0.2, 0.25) is 5.91 Å². The van der Waals surface area contributed by atoms with Gasteiger partial charge in [0.05, 0.1) is 5.52 Å². The highest BCUT2D eigenvalue weighted by molar-refractivity contribution is 7.08. The van der Waals surface area contributed by atoms with Crippen molar-refractivity contribution in [3.63, 3.8) is 0 Å². The number of nitrogens with zero attached hydrogens (tertiary/aromatic N) is 1. The summed E-state index contributed by atoms with van der Waals surface area (Å²) < 4.78 is 6.78. The highest BCUT2D eigenvalue weighted by Crippen LogP contribution is 2.24. The average molecular weight is 378 g/mol. The number of anilines is 1. The second-order valence-corrected chi connectivity index (χ2v) is 7.01. The van der Waals surface area contributed by atoms with Crippen molar-refractivity contribution in [2.24, 2.45) is 0 Å². The van der Waals surface area contributed by atoms with E-state index in [-0.39, 0.29) is 11.7 Å². The molecular weight excluding hydrogens is 360 g/mol. The molecule has 136 valence electrons. The summed E-state index contributed by atoms with van der Waals surface area (Å²) >= 11 is 1.64. The molecule has 4 rings (SSSR count). The van der Waals surface area contributed by atoms with Gasteiger partial charge in [-0.25, -0.2) is 4.79 Å². The Morgan fingerprint density at radius 2 is 1.96 bits per heavy atom. The molecule has 4 aromatic rings. The van der Waals surface area contributed by atoms with Gasteiger partial charge in [0.25, 0.3) is 0 Å². The van der Waals surface area contributed by atoms with Crippen molar-refractivity contribution in [3.8, 4) is 11.1 Å². The Bertz CT molecular complexity index is 1130. The van der Waals surface area contributed by atoms with Crippen LogP contribution in [0.15, 0.2) is 74.6 Å². The number of nitrogens with one attached hydrogen (secondary N) is 1. The minimum Gasteiger partial charge on any atom is -0.408 e. The summed E-state index contributed by atoms with van der Waals surface area (Å²) in [7, 11) is 0. The molecular formula is C21H18N2O3S. The minimum absolute atomic E-state index is 0.0710. The maximum atomic E-state index is 12.3. The second kappa shape index (κ2) is 7.63. The maximum absolute atomic E-state index is 12.3. The minimum atomic E-state index is -0.389. The van der Waals surface area contributed by atoms with Gasteiger partial charge in [-0.3, -0.25) is 9.36 Å². The standard InChI is InChI=1S/C21H18N2O3S/c24-20(22-17-6-3-5-15(13-17)16-10-12-27-14-16)9-4-11-23-18-7-1-2-8-19(18)26-21(23)25/h1-3,5-8,10,12-14H,4,9,11H2,(H,22,24). The average Bonchev–Trinajstić information content (AvgIpc) is 3.30. The van der Waals surface area contributed by atoms with Crippen LogP contribution in [0.25, 0.3) is 22.2 Å². The Morgan fingerprint density at radius 3 is 2.81 bits per heavy atom. The smallest absolute Gasteiger partial charge is 0.408 e. The number of benzene rings is 2. The Kier molecular flexibility index (Phi) is 4.89. The number of hydrogen-bond acceptors (Lipinski definition) is 4. The van der Waals surface area contributed by atoms with Gasteiger partial charge >= 0.3 is 5.76 Å². The molecule has 1 N–H and O–H groups in total. The fourth-order valence-electron chi connectivity index (χ4n) is 3.05. The van der Waals surface area contributed by atoms with Crippen LogP contribution in [0.4, 0.5) is 5.69 Å². The van der Waals surface area contributed by atoms with Gasteiger partial charge in [-0.05, 0) is 58.6 Å². The molecule has 1 amide bonds. The first kappa shape index (κ1) is 17.3. The van der Waals surface area contributed by atoms with Crippen LogP contribution >= 0.6 is 11.3 Å². The Labute approximate surface area is 159 Å². The number of aryl methyl sites for hydroxylation is 1. The fraction of sp³-hybridized carbons (Fsp3) is 0.143. The second-order valence-electron chi connectivity index (χ2n) is 6.23. The van der Waals surface area contributed by atoms with Crippen molar-refractivity contribution in [2.45, 2.75) is 19.4 Å². The van der Waals surface area contributed by atoms with Gasteiger partial charge < -0.3 is 9.73 Å². The SMILES string of the molecule is O=C(CCCn1c(=O)oc2ccccc21)Nc1cccc(-c2ccsc2)c1. The third kappa shape index (κ3) is 3.85. The van der Waals surface area contributed by atoms with E-state index >= 15 is 0 Å². The lowest BCUT2D eigenvalue weighted by molar-refractivity contribution is -0.116. The van der Waals surface area contributed by atoms with Crippen LogP contribution in [-0.2, 0) is 11.3 Å². The number of thiophene rings is 1. The van der Waals surface area contributed by atoms with E-state index in [1.165, 1.54) is 0 Å². The number of oxazole rings is 1. The van der Waals surface area contributed by atoms with Crippen molar-refractivity contribution in [3.05, 3.63) is 75.9 Å². The van der Waals surface area contributed by atoms with E-state index in [2.05, 4.69) is 16.8 Å². The third-order valence-corrected chi connectivity index (χ3v) is 5.04. The molecule has 2 aromatic heterocycles. The fourth-order valence-corrected chi connectivity index (χ4v) is 3.72. The van der Waals surface area contributed by atoms with Crippen LogP contribution in [0.2, 0.25) is 0 Å². The van der Waals surface area contributed by atoms with Gasteiger partial charge in [0, 0.05) is 18.7 Å². The largest absolute Gasteiger partial charge is 0.419 e. The van der Waals surface area contributed by atoms with Crippen molar-refractivity contribution in [2.75, 3.05) is 5.32 Å². The van der Waals surface area contributed by atoms with E-state index in [0.717, 1.165) is 22.3 Å². The molecule has 0 aliphatic rings. The van der Waals surface area contributed by atoms with Crippen molar-refractivity contribution in [1.29, 1.82) is 0 Å². The summed E-state index contributed by atoms with van der Waals surface area (Å²) in [5, 5.41) is 7.04. The third-order valence-electron chi connectivity index (χ3n) is 4.36. The molecule has 0 aliphatic heterocycles. The molecule has 0 aliphatic carbocycles. The number of para-hydroxylation sites is 2. The lowest BCUT2D eigenvalue weighted by Gasteiger charge is -2.07. The molecule has 0 saturated carbocycles. The van der Waals surface area contributed by atoms with Gasteiger partial charge in [-0.2, -0.15) is 11.3 Å². The number of aromatic nitrogens is 1. The van der Waals surface area contributed by atoms with E-state index in [9.17, 15) is 9.59 Å². The van der Waals surface area contributed by atoms with Crippen LogP contribution in [0.5, 0.6) is 0 Å². The van der Waals surface area contributed by atoms with E-state index < -0.39 is 0 Å². The predicted octanol–water partition coefficient (Wildman–Crippen LogP) is 4.74. The number of carbonyl (C=O) groups is 1. The van der Waals surface area contributed by atoms with Gasteiger partial charge in [-0.15, -0.1) is 0 Å². The summed E-state index contributed by atoms with van der Waals surface area (Å²) in [4.78, 5) is 24.2. The van der Waals surface area contributed by atoms with E-state index in [1.54, 1.807) is 22.0 Å². The normalized spacial score (nSPS) is 11.0. The zero-order chi connectivity index (χ0) is 18.6. The quantitative estimate of drug-likeness (QED) is 0.527. The molecule has 0 spiro atoms. The van der Waals surface area contributed by atoms with Crippen LogP contribution in [-0.4, -0.2) is 10.5 Å². The molecule has 0 bridgehead atoms. The van der Waals surface area contributed by atoms with E-state index in [0.29, 0.717) is 25.0 Å².